The number of aryl methyl sites for hydroxylation is 1. The minimum Gasteiger partial charge on any atom is -0.494 e. The molecule has 0 unspecified atom stereocenters. The van der Waals surface area contributed by atoms with Crippen molar-refractivity contribution in [3.05, 3.63) is 40.6 Å². The molecule has 2 heterocycles. The molecular weight excluding hydrogens is 330 g/mol. The van der Waals surface area contributed by atoms with Crippen molar-refractivity contribution in [3.8, 4) is 5.75 Å². The van der Waals surface area contributed by atoms with Gasteiger partial charge in [0, 0.05) is 24.4 Å². The third-order valence-electron chi connectivity index (χ3n) is 4.40. The lowest BCUT2D eigenvalue weighted by Gasteiger charge is -2.36. The Morgan fingerprint density at radius 1 is 1.24 bits per heavy atom. The third kappa shape index (κ3) is 2.45. The summed E-state index contributed by atoms with van der Waals surface area (Å²) < 4.78 is 34.3. The number of benzene rings is 1. The van der Waals surface area contributed by atoms with Gasteiger partial charge in [0.15, 0.2) is 17.4 Å². The first kappa shape index (κ1) is 16.9. The molecule has 0 fully saturated rings. The van der Waals surface area contributed by atoms with Crippen LogP contribution in [0.5, 0.6) is 5.75 Å². The first-order valence-corrected chi connectivity index (χ1v) is 7.59. The Hall–Kier alpha value is -2.90. The molecule has 25 heavy (non-hydrogen) atoms. The van der Waals surface area contributed by atoms with Crippen molar-refractivity contribution < 1.29 is 18.3 Å². The maximum absolute atomic E-state index is 14.7. The molecule has 0 saturated heterocycles. The van der Waals surface area contributed by atoms with Gasteiger partial charge in [0.1, 0.15) is 11.5 Å². The fraction of sp³-hybridized carbons (Fsp3) is 0.294. The van der Waals surface area contributed by atoms with Crippen molar-refractivity contribution in [2.75, 3.05) is 29.7 Å². The summed E-state index contributed by atoms with van der Waals surface area (Å²) >= 11 is 0. The van der Waals surface area contributed by atoms with Gasteiger partial charge >= 0.3 is 6.03 Å². The van der Waals surface area contributed by atoms with Crippen LogP contribution in [0.25, 0.3) is 0 Å². The minimum atomic E-state index is -0.920. The number of ether oxygens (including phenoxy) is 1. The molecule has 2 aromatic rings. The van der Waals surface area contributed by atoms with E-state index >= 15 is 0 Å². The van der Waals surface area contributed by atoms with Crippen LogP contribution in [0.1, 0.15) is 16.7 Å². The lowest BCUT2D eigenvalue weighted by Crippen LogP contribution is -2.46. The monoisotopic (exact) mass is 348 g/mol. The first-order valence-electron chi connectivity index (χ1n) is 7.59. The highest BCUT2D eigenvalue weighted by Gasteiger charge is 2.35. The number of fused-ring (bicyclic) bond motifs is 1. The van der Waals surface area contributed by atoms with Crippen LogP contribution in [0.2, 0.25) is 0 Å². The van der Waals surface area contributed by atoms with Crippen LogP contribution >= 0.6 is 0 Å². The number of rotatable bonds is 2. The molecule has 1 aromatic carbocycles. The largest absolute Gasteiger partial charge is 0.494 e. The van der Waals surface area contributed by atoms with Gasteiger partial charge in [-0.25, -0.2) is 18.6 Å². The molecule has 0 aliphatic carbocycles. The van der Waals surface area contributed by atoms with E-state index in [1.165, 1.54) is 38.2 Å². The number of nitrogens with two attached hydrogens (primary N) is 1. The van der Waals surface area contributed by atoms with Crippen LogP contribution in [0.15, 0.2) is 12.3 Å². The highest BCUT2D eigenvalue weighted by Crippen LogP contribution is 2.39. The number of hydrogen-bond acceptors (Lipinski definition) is 4. The molecule has 0 saturated carbocycles. The molecule has 0 bridgehead atoms. The Kier molecular flexibility index (Phi) is 3.98. The molecular formula is C17H18F2N4O2. The number of hydrogen-bond donors (Lipinski definition) is 1. The van der Waals surface area contributed by atoms with Gasteiger partial charge in [-0.15, -0.1) is 0 Å². The standard InChI is InChI=1S/C17H18F2N4O2/c1-8-5-11(25-4)13(19)15(12(8)18)23-7-10-6-21-16(20)9(2)14(10)22(3)17(23)24/h5-6H,7H2,1-4H3,(H2,20,21). The second-order valence-corrected chi connectivity index (χ2v) is 5.94. The fourth-order valence-corrected chi connectivity index (χ4v) is 3.05. The van der Waals surface area contributed by atoms with Crippen LogP contribution in [0.4, 0.5) is 30.8 Å². The molecule has 2 N–H and O–H groups in total. The van der Waals surface area contributed by atoms with Crippen LogP contribution < -0.4 is 20.3 Å². The Balaban J connectivity index is 2.19. The van der Waals surface area contributed by atoms with E-state index in [-0.39, 0.29) is 17.9 Å². The molecule has 6 nitrogen and oxygen atoms in total. The number of carbonyl (C=O) groups is 1. The van der Waals surface area contributed by atoms with Gasteiger partial charge in [0.05, 0.1) is 19.3 Å². The van der Waals surface area contributed by atoms with E-state index in [2.05, 4.69) is 4.98 Å². The smallest absolute Gasteiger partial charge is 0.329 e. The number of methoxy groups -OCH3 is 1. The molecule has 1 aliphatic rings. The van der Waals surface area contributed by atoms with E-state index < -0.39 is 23.4 Å². The summed E-state index contributed by atoms with van der Waals surface area (Å²) in [5.41, 5.74) is 7.45. The normalized spacial score (nSPS) is 13.9. The third-order valence-corrected chi connectivity index (χ3v) is 4.40. The van der Waals surface area contributed by atoms with Gasteiger partial charge in [0.2, 0.25) is 0 Å². The zero-order chi connectivity index (χ0) is 18.5. The fourth-order valence-electron chi connectivity index (χ4n) is 3.05. The maximum atomic E-state index is 14.7. The molecule has 132 valence electrons. The number of aromatic nitrogens is 1. The number of carbonyl (C=O) groups excluding carboxylic acids is 1. The number of pyridine rings is 1. The second-order valence-electron chi connectivity index (χ2n) is 5.94. The topological polar surface area (TPSA) is 71.7 Å². The van der Waals surface area contributed by atoms with Gasteiger partial charge in [-0.05, 0) is 25.5 Å². The summed E-state index contributed by atoms with van der Waals surface area (Å²) in [5.74, 6) is -1.54. The van der Waals surface area contributed by atoms with E-state index in [0.29, 0.717) is 22.6 Å². The summed E-state index contributed by atoms with van der Waals surface area (Å²) in [7, 11) is 2.82. The molecule has 1 aliphatic heterocycles. The summed E-state index contributed by atoms with van der Waals surface area (Å²) in [6.07, 6.45) is 1.51. The van der Waals surface area contributed by atoms with Crippen molar-refractivity contribution in [2.24, 2.45) is 0 Å². The van der Waals surface area contributed by atoms with Crippen LogP contribution in [-0.4, -0.2) is 25.2 Å². The van der Waals surface area contributed by atoms with Gasteiger partial charge in [0.25, 0.3) is 0 Å². The van der Waals surface area contributed by atoms with Crippen molar-refractivity contribution in [3.63, 3.8) is 0 Å². The number of nitrogen functional groups attached to an aromatic ring is 1. The SMILES string of the molecule is COc1cc(C)c(F)c(N2Cc3cnc(N)c(C)c3N(C)C2=O)c1F. The number of nitrogens with zero attached hydrogens (tertiary/aromatic N) is 3. The van der Waals surface area contributed by atoms with Gasteiger partial charge in [-0.3, -0.25) is 9.80 Å². The van der Waals surface area contributed by atoms with Crippen LogP contribution in [0, 0.1) is 25.5 Å². The van der Waals surface area contributed by atoms with Crippen molar-refractivity contribution in [2.45, 2.75) is 20.4 Å². The van der Waals surface area contributed by atoms with Gasteiger partial charge < -0.3 is 10.5 Å². The predicted octanol–water partition coefficient (Wildman–Crippen LogP) is 3.14. The highest BCUT2D eigenvalue weighted by atomic mass is 19.1. The van der Waals surface area contributed by atoms with Crippen LogP contribution in [-0.2, 0) is 6.54 Å². The Morgan fingerprint density at radius 3 is 2.56 bits per heavy atom. The first-order chi connectivity index (χ1) is 11.8. The summed E-state index contributed by atoms with van der Waals surface area (Å²) in [5, 5.41) is 0. The molecule has 2 amide bonds. The van der Waals surface area contributed by atoms with Crippen molar-refractivity contribution >= 4 is 23.2 Å². The average Bonchev–Trinajstić information content (AvgIpc) is 2.58. The van der Waals surface area contributed by atoms with Crippen molar-refractivity contribution in [1.82, 2.24) is 4.98 Å². The highest BCUT2D eigenvalue weighted by molar-refractivity contribution is 6.06. The summed E-state index contributed by atoms with van der Waals surface area (Å²) in [6, 6.07) is 0.693. The van der Waals surface area contributed by atoms with Gasteiger partial charge in [-0.2, -0.15) is 0 Å². The molecule has 8 heteroatoms. The zero-order valence-corrected chi connectivity index (χ0v) is 14.4. The van der Waals surface area contributed by atoms with E-state index in [9.17, 15) is 13.6 Å². The van der Waals surface area contributed by atoms with Gasteiger partial charge in [-0.1, -0.05) is 0 Å². The lowest BCUT2D eigenvalue weighted by atomic mass is 10.1. The van der Waals surface area contributed by atoms with E-state index in [1.54, 1.807) is 6.92 Å². The Bertz CT molecular complexity index is 886. The minimum absolute atomic E-state index is 0.0208. The number of amides is 2. The summed E-state index contributed by atoms with van der Waals surface area (Å²) in [6.45, 7) is 3.21. The molecule has 1 aromatic heterocycles. The molecule has 0 spiro atoms. The zero-order valence-electron chi connectivity index (χ0n) is 14.4. The lowest BCUT2D eigenvalue weighted by molar-refractivity contribution is 0.250. The maximum Gasteiger partial charge on any atom is 0.329 e. The number of urea groups is 1. The number of anilines is 3. The molecule has 3 rings (SSSR count). The predicted molar refractivity (Wildman–Crippen MR) is 91.0 cm³/mol. The summed E-state index contributed by atoms with van der Waals surface area (Å²) in [4.78, 5) is 19.2. The number of halogens is 2. The quantitative estimate of drug-likeness (QED) is 0.905. The Labute approximate surface area is 143 Å². The average molecular weight is 348 g/mol. The van der Waals surface area contributed by atoms with E-state index in [4.69, 9.17) is 10.5 Å². The molecule has 0 radical (unpaired) electrons. The molecule has 0 atom stereocenters. The Morgan fingerprint density at radius 2 is 1.92 bits per heavy atom. The van der Waals surface area contributed by atoms with Crippen LogP contribution in [0.3, 0.4) is 0 Å². The van der Waals surface area contributed by atoms with Crippen molar-refractivity contribution in [1.29, 1.82) is 0 Å². The van der Waals surface area contributed by atoms with E-state index in [1.807, 2.05) is 0 Å². The second kappa shape index (κ2) is 5.87. The van der Waals surface area contributed by atoms with E-state index in [0.717, 1.165) is 4.90 Å².